The fourth-order valence-corrected chi connectivity index (χ4v) is 3.84. The highest BCUT2D eigenvalue weighted by molar-refractivity contribution is 7.89. The fraction of sp³-hybridized carbons (Fsp3) is 0.583. The van der Waals surface area contributed by atoms with Gasteiger partial charge < -0.3 is 10.4 Å². The maximum Gasteiger partial charge on any atom is 0.244 e. The predicted octanol–water partition coefficient (Wildman–Crippen LogP) is 1.31. The van der Waals surface area contributed by atoms with Gasteiger partial charge in [0.05, 0.1) is 5.02 Å². The lowest BCUT2D eigenvalue weighted by atomic mass is 10.4. The minimum absolute atomic E-state index is 0.0754. The second-order valence-corrected chi connectivity index (χ2v) is 6.96. The van der Waals surface area contributed by atoms with Gasteiger partial charge in [0.2, 0.25) is 10.0 Å². The number of pyridine rings is 1. The molecule has 6 nitrogen and oxygen atoms in total. The smallest absolute Gasteiger partial charge is 0.244 e. The molecular weight excluding hydrogens is 302 g/mol. The van der Waals surface area contributed by atoms with Crippen molar-refractivity contribution in [2.75, 3.05) is 31.6 Å². The third kappa shape index (κ3) is 3.41. The molecule has 0 saturated carbocycles. The van der Waals surface area contributed by atoms with Crippen molar-refractivity contribution in [3.05, 3.63) is 17.3 Å². The first-order valence-electron chi connectivity index (χ1n) is 6.56. The summed E-state index contributed by atoms with van der Waals surface area (Å²) in [4.78, 5) is 4.18. The first kappa shape index (κ1) is 15.5. The van der Waals surface area contributed by atoms with E-state index in [2.05, 4.69) is 10.3 Å². The third-order valence-corrected chi connectivity index (χ3v) is 5.30. The molecule has 20 heavy (non-hydrogen) atoms. The number of anilines is 1. The summed E-state index contributed by atoms with van der Waals surface area (Å²) in [7, 11) is -3.48. The molecule has 1 fully saturated rings. The molecule has 0 aliphatic carbocycles. The van der Waals surface area contributed by atoms with Crippen LogP contribution in [0.1, 0.15) is 19.3 Å². The van der Waals surface area contributed by atoms with E-state index < -0.39 is 10.0 Å². The Morgan fingerprint density at radius 3 is 2.70 bits per heavy atom. The van der Waals surface area contributed by atoms with E-state index in [1.165, 1.54) is 16.6 Å². The zero-order valence-corrected chi connectivity index (χ0v) is 12.6. The number of nitrogens with zero attached hydrogens (tertiary/aromatic N) is 2. The quantitative estimate of drug-likeness (QED) is 0.773. The summed E-state index contributed by atoms with van der Waals surface area (Å²) in [5.74, 6) is 0.431. The number of aliphatic hydroxyl groups is 1. The number of halogens is 1. The minimum atomic E-state index is -3.48. The Kier molecular flexibility index (Phi) is 5.20. The second-order valence-electron chi connectivity index (χ2n) is 4.62. The maximum absolute atomic E-state index is 12.3. The topological polar surface area (TPSA) is 82.5 Å². The lowest BCUT2D eigenvalue weighted by Crippen LogP contribution is -2.28. The molecule has 112 valence electrons. The summed E-state index contributed by atoms with van der Waals surface area (Å²) in [6, 6.07) is 1.42. The van der Waals surface area contributed by atoms with E-state index in [0.717, 1.165) is 12.8 Å². The fourth-order valence-electron chi connectivity index (χ4n) is 2.05. The van der Waals surface area contributed by atoms with Gasteiger partial charge in [0.15, 0.2) is 0 Å². The van der Waals surface area contributed by atoms with Gasteiger partial charge in [-0.05, 0) is 25.3 Å². The van der Waals surface area contributed by atoms with E-state index in [9.17, 15) is 8.42 Å². The van der Waals surface area contributed by atoms with Crippen LogP contribution in [0.2, 0.25) is 5.02 Å². The summed E-state index contributed by atoms with van der Waals surface area (Å²) in [6.07, 6.45) is 3.68. The van der Waals surface area contributed by atoms with Crippen LogP contribution in [0, 0.1) is 0 Å². The molecule has 0 aromatic carbocycles. The molecule has 0 unspecified atom stereocenters. The number of hydrogen-bond acceptors (Lipinski definition) is 5. The van der Waals surface area contributed by atoms with Crippen molar-refractivity contribution < 1.29 is 13.5 Å². The Balaban J connectivity index is 2.15. The average Bonchev–Trinajstić information content (AvgIpc) is 2.95. The first-order valence-corrected chi connectivity index (χ1v) is 8.38. The van der Waals surface area contributed by atoms with Gasteiger partial charge >= 0.3 is 0 Å². The van der Waals surface area contributed by atoms with Gasteiger partial charge in [-0.1, -0.05) is 11.6 Å². The van der Waals surface area contributed by atoms with Gasteiger partial charge in [0.25, 0.3) is 0 Å². The van der Waals surface area contributed by atoms with Crippen LogP contribution < -0.4 is 5.32 Å². The summed E-state index contributed by atoms with van der Waals surface area (Å²) in [5, 5.41) is 11.9. The van der Waals surface area contributed by atoms with Crippen molar-refractivity contribution in [3.8, 4) is 0 Å². The number of nitrogens with one attached hydrogen (secondary N) is 1. The molecule has 1 aliphatic heterocycles. The molecule has 2 rings (SSSR count). The van der Waals surface area contributed by atoms with Crippen LogP contribution in [0.5, 0.6) is 0 Å². The normalized spacial score (nSPS) is 16.5. The number of aliphatic hydroxyl groups excluding tert-OH is 1. The first-order chi connectivity index (χ1) is 9.55. The van der Waals surface area contributed by atoms with Crippen LogP contribution in [0.25, 0.3) is 0 Å². The van der Waals surface area contributed by atoms with E-state index in [1.807, 2.05) is 0 Å². The van der Waals surface area contributed by atoms with Gasteiger partial charge in [-0.25, -0.2) is 13.4 Å². The molecule has 1 aromatic heterocycles. The number of hydrogen-bond donors (Lipinski definition) is 2. The molecule has 1 saturated heterocycles. The van der Waals surface area contributed by atoms with E-state index in [-0.39, 0.29) is 16.5 Å². The van der Waals surface area contributed by atoms with Gasteiger partial charge in [0, 0.05) is 32.4 Å². The SMILES string of the molecule is O=S(=O)(c1cnc(NCCCO)c(Cl)c1)N1CCCC1. The van der Waals surface area contributed by atoms with E-state index in [1.54, 1.807) is 0 Å². The molecule has 0 spiro atoms. The van der Waals surface area contributed by atoms with Crippen molar-refractivity contribution in [1.82, 2.24) is 9.29 Å². The Morgan fingerprint density at radius 2 is 2.10 bits per heavy atom. The summed E-state index contributed by atoms with van der Waals surface area (Å²) in [5.41, 5.74) is 0. The number of sulfonamides is 1. The maximum atomic E-state index is 12.3. The van der Waals surface area contributed by atoms with Gasteiger partial charge in [-0.3, -0.25) is 0 Å². The molecule has 0 bridgehead atoms. The standard InChI is InChI=1S/C12H18ClN3O3S/c13-11-8-10(9-15-12(11)14-4-3-7-17)20(18,19)16-5-1-2-6-16/h8-9,17H,1-7H2,(H,14,15). The molecule has 2 N–H and O–H groups in total. The Hall–Kier alpha value is -0.890. The highest BCUT2D eigenvalue weighted by atomic mass is 35.5. The Bertz CT molecular complexity index is 559. The lowest BCUT2D eigenvalue weighted by molar-refractivity contribution is 0.292. The van der Waals surface area contributed by atoms with E-state index >= 15 is 0 Å². The molecule has 0 atom stereocenters. The molecule has 8 heteroatoms. The molecular formula is C12H18ClN3O3S. The second kappa shape index (κ2) is 6.71. The van der Waals surface area contributed by atoms with Crippen LogP contribution in [-0.2, 0) is 10.0 Å². The van der Waals surface area contributed by atoms with Crippen molar-refractivity contribution >= 4 is 27.4 Å². The van der Waals surface area contributed by atoms with Crippen molar-refractivity contribution in [1.29, 1.82) is 0 Å². The van der Waals surface area contributed by atoms with Crippen LogP contribution in [0.3, 0.4) is 0 Å². The highest BCUT2D eigenvalue weighted by Crippen LogP contribution is 2.26. The monoisotopic (exact) mass is 319 g/mol. The summed E-state index contributed by atoms with van der Waals surface area (Å²) in [6.45, 7) is 1.71. The third-order valence-electron chi connectivity index (χ3n) is 3.15. The summed E-state index contributed by atoms with van der Waals surface area (Å²) < 4.78 is 26.1. The Morgan fingerprint density at radius 1 is 1.40 bits per heavy atom. The number of rotatable bonds is 6. The number of aromatic nitrogens is 1. The van der Waals surface area contributed by atoms with Crippen molar-refractivity contribution in [2.45, 2.75) is 24.2 Å². The molecule has 0 amide bonds. The van der Waals surface area contributed by atoms with Crippen molar-refractivity contribution in [2.24, 2.45) is 0 Å². The van der Waals surface area contributed by atoms with Gasteiger partial charge in [0.1, 0.15) is 10.7 Å². The van der Waals surface area contributed by atoms with E-state index in [0.29, 0.717) is 31.9 Å². The average molecular weight is 320 g/mol. The van der Waals surface area contributed by atoms with Crippen LogP contribution in [-0.4, -0.2) is 49.1 Å². The van der Waals surface area contributed by atoms with Gasteiger partial charge in [-0.2, -0.15) is 4.31 Å². The minimum Gasteiger partial charge on any atom is -0.396 e. The van der Waals surface area contributed by atoms with Crippen molar-refractivity contribution in [3.63, 3.8) is 0 Å². The Labute approximate surface area is 123 Å². The summed E-state index contributed by atoms with van der Waals surface area (Å²) >= 11 is 6.05. The molecule has 1 aromatic rings. The molecule has 2 heterocycles. The zero-order chi connectivity index (χ0) is 14.6. The van der Waals surface area contributed by atoms with Crippen LogP contribution >= 0.6 is 11.6 Å². The highest BCUT2D eigenvalue weighted by Gasteiger charge is 2.27. The largest absolute Gasteiger partial charge is 0.396 e. The van der Waals surface area contributed by atoms with Gasteiger partial charge in [-0.15, -0.1) is 0 Å². The lowest BCUT2D eigenvalue weighted by Gasteiger charge is -2.16. The van der Waals surface area contributed by atoms with Crippen LogP contribution in [0.4, 0.5) is 5.82 Å². The molecule has 0 radical (unpaired) electrons. The van der Waals surface area contributed by atoms with E-state index in [4.69, 9.17) is 16.7 Å². The zero-order valence-electron chi connectivity index (χ0n) is 11.0. The van der Waals surface area contributed by atoms with Crippen LogP contribution in [0.15, 0.2) is 17.2 Å². The molecule has 1 aliphatic rings. The predicted molar refractivity (Wildman–Crippen MR) is 77.4 cm³/mol.